The molecule has 2 heterocycles. The molecule has 2 aromatic rings. The number of carbonyl (C=O) groups excluding carboxylic acids is 1. The minimum atomic E-state index is -0.488. The molecule has 0 saturated carbocycles. The van der Waals surface area contributed by atoms with Crippen LogP contribution < -0.4 is 10.5 Å². The summed E-state index contributed by atoms with van der Waals surface area (Å²) in [6.07, 6.45) is 1.04. The summed E-state index contributed by atoms with van der Waals surface area (Å²) in [6, 6.07) is 11.9. The Bertz CT molecular complexity index is 1170. The molecular weight excluding hydrogens is 476 g/mol. The molecule has 160 valence electrons. The summed E-state index contributed by atoms with van der Waals surface area (Å²) in [7, 11) is 0. The summed E-state index contributed by atoms with van der Waals surface area (Å²) in [5, 5.41) is 9.80. The number of rotatable bonds is 4. The Hall–Kier alpha value is -2.56. The van der Waals surface area contributed by atoms with Crippen LogP contribution in [0.5, 0.6) is 5.75 Å². The topological polar surface area (TPSA) is 85.3 Å². The SMILES string of the molecule is Cc1sc(C2C(C#N)=C(N)OC3=C2C(=O)CC(C)(C)C3)cc1COc1ccccc1Br. The summed E-state index contributed by atoms with van der Waals surface area (Å²) in [5.74, 6) is 0.984. The summed E-state index contributed by atoms with van der Waals surface area (Å²) < 4.78 is 12.7. The van der Waals surface area contributed by atoms with Gasteiger partial charge in [-0.2, -0.15) is 5.26 Å². The van der Waals surface area contributed by atoms with E-state index in [2.05, 4.69) is 22.0 Å². The maximum atomic E-state index is 13.1. The number of carbonyl (C=O) groups is 1. The van der Waals surface area contributed by atoms with E-state index in [0.29, 0.717) is 36.4 Å². The predicted octanol–water partition coefficient (Wildman–Crippen LogP) is 5.85. The summed E-state index contributed by atoms with van der Waals surface area (Å²) in [5.41, 5.74) is 7.81. The molecule has 2 aliphatic rings. The average molecular weight is 499 g/mol. The quantitative estimate of drug-likeness (QED) is 0.571. The van der Waals surface area contributed by atoms with Crippen molar-refractivity contribution in [3.05, 3.63) is 72.9 Å². The van der Waals surface area contributed by atoms with Crippen LogP contribution in [-0.4, -0.2) is 5.78 Å². The van der Waals surface area contributed by atoms with E-state index in [1.165, 1.54) is 0 Å². The van der Waals surface area contributed by atoms with Crippen molar-refractivity contribution in [2.24, 2.45) is 11.1 Å². The van der Waals surface area contributed by atoms with Crippen molar-refractivity contribution in [3.63, 3.8) is 0 Å². The number of hydrogen-bond donors (Lipinski definition) is 1. The molecule has 1 aliphatic heterocycles. The van der Waals surface area contributed by atoms with Crippen molar-refractivity contribution < 1.29 is 14.3 Å². The van der Waals surface area contributed by atoms with Gasteiger partial charge in [0.2, 0.25) is 5.88 Å². The number of allylic oxidation sites excluding steroid dienone is 3. The largest absolute Gasteiger partial charge is 0.488 e. The zero-order valence-electron chi connectivity index (χ0n) is 17.6. The standard InChI is InChI=1S/C24H23BrN2O3S/c1-13-14(12-29-18-7-5-4-6-16(18)25)8-20(31-13)21-15(11-26)23(27)30-19-10-24(2,3)9-17(28)22(19)21/h4-8,21H,9-10,12,27H2,1-3H3. The molecule has 31 heavy (non-hydrogen) atoms. The number of benzene rings is 1. The third-order valence-corrected chi connectivity index (χ3v) is 7.43. The number of ketones is 1. The Morgan fingerprint density at radius 3 is 2.81 bits per heavy atom. The van der Waals surface area contributed by atoms with Crippen LogP contribution >= 0.6 is 27.3 Å². The van der Waals surface area contributed by atoms with E-state index in [9.17, 15) is 10.1 Å². The van der Waals surface area contributed by atoms with Crippen LogP contribution in [0.15, 0.2) is 57.6 Å². The molecule has 0 bridgehead atoms. The molecule has 2 N–H and O–H groups in total. The third kappa shape index (κ3) is 4.15. The van der Waals surface area contributed by atoms with Crippen LogP contribution in [0.4, 0.5) is 0 Å². The van der Waals surface area contributed by atoms with Crippen LogP contribution in [0, 0.1) is 23.7 Å². The Morgan fingerprint density at radius 1 is 1.35 bits per heavy atom. The van der Waals surface area contributed by atoms with Crippen molar-refractivity contribution in [2.45, 2.75) is 46.1 Å². The van der Waals surface area contributed by atoms with E-state index < -0.39 is 5.92 Å². The monoisotopic (exact) mass is 498 g/mol. The summed E-state index contributed by atoms with van der Waals surface area (Å²) in [4.78, 5) is 15.1. The second kappa shape index (κ2) is 8.18. The molecular formula is C24H23BrN2O3S. The maximum Gasteiger partial charge on any atom is 0.205 e. The minimum absolute atomic E-state index is 0.0218. The second-order valence-corrected chi connectivity index (χ2v) is 10.8. The molecule has 5 nitrogen and oxygen atoms in total. The van der Waals surface area contributed by atoms with Gasteiger partial charge in [-0.3, -0.25) is 4.79 Å². The third-order valence-electron chi connectivity index (χ3n) is 5.62. The Balaban J connectivity index is 1.70. The van der Waals surface area contributed by atoms with E-state index in [1.54, 1.807) is 11.3 Å². The van der Waals surface area contributed by atoms with E-state index >= 15 is 0 Å². The Kier molecular flexibility index (Phi) is 5.71. The number of aryl methyl sites for hydroxylation is 1. The molecule has 1 unspecified atom stereocenters. The van der Waals surface area contributed by atoms with Crippen molar-refractivity contribution in [1.29, 1.82) is 5.26 Å². The molecule has 0 spiro atoms. The first-order chi connectivity index (χ1) is 14.7. The van der Waals surface area contributed by atoms with Gasteiger partial charge in [-0.15, -0.1) is 11.3 Å². The van der Waals surface area contributed by atoms with Crippen molar-refractivity contribution in [3.8, 4) is 11.8 Å². The van der Waals surface area contributed by atoms with Crippen molar-refractivity contribution in [1.82, 2.24) is 0 Å². The number of Topliss-reactive ketones (excluding diaryl/α,β-unsaturated/α-hetero) is 1. The molecule has 1 aromatic carbocycles. The highest BCUT2D eigenvalue weighted by molar-refractivity contribution is 9.10. The van der Waals surface area contributed by atoms with E-state index in [-0.39, 0.29) is 17.1 Å². The highest BCUT2D eigenvalue weighted by Crippen LogP contribution is 2.49. The highest BCUT2D eigenvalue weighted by Gasteiger charge is 2.43. The molecule has 0 saturated heterocycles. The molecule has 1 aliphatic carbocycles. The predicted molar refractivity (Wildman–Crippen MR) is 123 cm³/mol. The van der Waals surface area contributed by atoms with Gasteiger partial charge in [0.25, 0.3) is 0 Å². The van der Waals surface area contributed by atoms with Crippen molar-refractivity contribution in [2.75, 3.05) is 0 Å². The van der Waals surface area contributed by atoms with Gasteiger partial charge in [0, 0.05) is 33.7 Å². The highest BCUT2D eigenvalue weighted by atomic mass is 79.9. The van der Waals surface area contributed by atoms with Crippen LogP contribution in [0.3, 0.4) is 0 Å². The Morgan fingerprint density at radius 2 is 2.10 bits per heavy atom. The Labute approximate surface area is 194 Å². The molecule has 4 rings (SSSR count). The fourth-order valence-electron chi connectivity index (χ4n) is 4.12. The normalized spacial score (nSPS) is 20.2. The first-order valence-electron chi connectivity index (χ1n) is 10.0. The van der Waals surface area contributed by atoms with Crippen LogP contribution in [0.2, 0.25) is 0 Å². The van der Waals surface area contributed by atoms with Gasteiger partial charge >= 0.3 is 0 Å². The van der Waals surface area contributed by atoms with Gasteiger partial charge in [-0.25, -0.2) is 0 Å². The fourth-order valence-corrected chi connectivity index (χ4v) is 5.67. The molecule has 0 amide bonds. The minimum Gasteiger partial charge on any atom is -0.488 e. The number of thiophene rings is 1. The summed E-state index contributed by atoms with van der Waals surface area (Å²) in [6.45, 7) is 6.49. The van der Waals surface area contributed by atoms with E-state index in [4.69, 9.17) is 15.2 Å². The van der Waals surface area contributed by atoms with E-state index in [0.717, 1.165) is 25.5 Å². The van der Waals surface area contributed by atoms with Gasteiger partial charge in [0.15, 0.2) is 5.78 Å². The zero-order chi connectivity index (χ0) is 22.3. The van der Waals surface area contributed by atoms with Gasteiger partial charge < -0.3 is 15.2 Å². The van der Waals surface area contributed by atoms with Gasteiger partial charge in [0.1, 0.15) is 29.8 Å². The lowest BCUT2D eigenvalue weighted by Gasteiger charge is -2.36. The number of nitrogens with zero attached hydrogens (tertiary/aromatic N) is 1. The van der Waals surface area contributed by atoms with E-state index in [1.807, 2.05) is 51.1 Å². The molecule has 0 fully saturated rings. The van der Waals surface area contributed by atoms with Gasteiger partial charge in [0.05, 0.1) is 10.4 Å². The lowest BCUT2D eigenvalue weighted by Crippen LogP contribution is -2.33. The molecule has 7 heteroatoms. The number of nitriles is 1. The average Bonchev–Trinajstić information content (AvgIpc) is 3.05. The number of para-hydroxylation sites is 1. The first-order valence-corrected chi connectivity index (χ1v) is 11.6. The number of halogens is 1. The van der Waals surface area contributed by atoms with Gasteiger partial charge in [-0.1, -0.05) is 26.0 Å². The fraction of sp³-hybridized carbons (Fsp3) is 0.333. The lowest BCUT2D eigenvalue weighted by molar-refractivity contribution is -0.119. The van der Waals surface area contributed by atoms with Crippen LogP contribution in [0.25, 0.3) is 0 Å². The maximum absolute atomic E-state index is 13.1. The molecule has 1 atom stereocenters. The smallest absolute Gasteiger partial charge is 0.205 e. The lowest BCUT2D eigenvalue weighted by atomic mass is 9.71. The van der Waals surface area contributed by atoms with Crippen LogP contribution in [-0.2, 0) is 16.1 Å². The number of hydrogen-bond acceptors (Lipinski definition) is 6. The first kappa shape index (κ1) is 21.7. The molecule has 0 radical (unpaired) electrons. The number of nitrogens with two attached hydrogens (primary N) is 1. The second-order valence-electron chi connectivity index (χ2n) is 8.65. The number of ether oxygens (including phenoxy) is 2. The van der Waals surface area contributed by atoms with Crippen LogP contribution in [0.1, 0.15) is 47.9 Å². The molecule has 1 aromatic heterocycles. The van der Waals surface area contributed by atoms with Gasteiger partial charge in [-0.05, 0) is 46.5 Å². The van der Waals surface area contributed by atoms with Crippen molar-refractivity contribution >= 4 is 33.0 Å². The zero-order valence-corrected chi connectivity index (χ0v) is 20.0. The summed E-state index contributed by atoms with van der Waals surface area (Å²) >= 11 is 5.06.